The van der Waals surface area contributed by atoms with Crippen LogP contribution in [0.1, 0.15) is 40.5 Å². The number of hydrogen-bond acceptors (Lipinski definition) is 6. The molecule has 2 heterocycles. The van der Waals surface area contributed by atoms with E-state index in [1.807, 2.05) is 38.5 Å². The first-order valence-electron chi connectivity index (χ1n) is 8.64. The van der Waals surface area contributed by atoms with Crippen molar-refractivity contribution in [3.05, 3.63) is 12.5 Å². The van der Waals surface area contributed by atoms with Crippen molar-refractivity contribution < 1.29 is 14.3 Å². The molecule has 0 bridgehead atoms. The molecule has 7 nitrogen and oxygen atoms in total. The molecule has 1 amide bonds. The smallest absolute Gasteiger partial charge is 0.407 e. The Morgan fingerprint density at radius 3 is 2.76 bits per heavy atom. The predicted molar refractivity (Wildman–Crippen MR) is 97.3 cm³/mol. The average Bonchev–Trinajstić information content (AvgIpc) is 2.94. The molecule has 1 N–H and O–H groups in total. The Morgan fingerprint density at radius 2 is 2.16 bits per heavy atom. The lowest BCUT2D eigenvalue weighted by molar-refractivity contribution is -0.111. The number of ether oxygens (including phenoxy) is 1. The molecular weight excluding hydrogens is 340 g/mol. The highest BCUT2D eigenvalue weighted by atomic mass is 32.2. The SMILES string of the molecule is CC(C=O)Cn1cnc(SN2CCC(NC(=O)OC(C)(C)C)CC2)c1. The number of hydrogen-bond donors (Lipinski definition) is 1. The predicted octanol–water partition coefficient (Wildman–Crippen LogP) is 2.71. The van der Waals surface area contributed by atoms with E-state index in [0.717, 1.165) is 37.2 Å². The largest absolute Gasteiger partial charge is 0.444 e. The number of nitrogens with one attached hydrogen (secondary N) is 1. The molecule has 0 saturated carbocycles. The van der Waals surface area contributed by atoms with Crippen LogP contribution in [-0.4, -0.2) is 51.0 Å². The van der Waals surface area contributed by atoms with Gasteiger partial charge < -0.3 is 19.4 Å². The summed E-state index contributed by atoms with van der Waals surface area (Å²) >= 11 is 1.62. The van der Waals surface area contributed by atoms with Crippen molar-refractivity contribution in [1.29, 1.82) is 0 Å². The Balaban J connectivity index is 1.73. The Bertz CT molecular complexity index is 577. The summed E-state index contributed by atoms with van der Waals surface area (Å²) < 4.78 is 9.50. The van der Waals surface area contributed by atoms with Crippen molar-refractivity contribution >= 4 is 24.3 Å². The van der Waals surface area contributed by atoms with Crippen molar-refractivity contribution in [3.8, 4) is 0 Å². The van der Waals surface area contributed by atoms with Crippen molar-refractivity contribution in [1.82, 2.24) is 19.2 Å². The number of rotatable bonds is 6. The third-order valence-corrected chi connectivity index (χ3v) is 4.76. The third kappa shape index (κ3) is 7.07. The van der Waals surface area contributed by atoms with Crippen LogP contribution in [0.5, 0.6) is 0 Å². The third-order valence-electron chi connectivity index (χ3n) is 3.74. The Hall–Kier alpha value is -1.54. The van der Waals surface area contributed by atoms with Crippen LogP contribution in [0.4, 0.5) is 4.79 Å². The van der Waals surface area contributed by atoms with E-state index in [1.165, 1.54) is 0 Å². The van der Waals surface area contributed by atoms with Crippen molar-refractivity contribution in [2.24, 2.45) is 5.92 Å². The molecule has 140 valence electrons. The first-order valence-corrected chi connectivity index (χ1v) is 9.42. The first-order chi connectivity index (χ1) is 11.7. The molecule has 1 atom stereocenters. The second kappa shape index (κ2) is 8.71. The molecule has 0 aromatic carbocycles. The van der Waals surface area contributed by atoms with E-state index in [0.29, 0.717) is 6.54 Å². The minimum Gasteiger partial charge on any atom is -0.444 e. The van der Waals surface area contributed by atoms with Gasteiger partial charge in [-0.15, -0.1) is 0 Å². The fourth-order valence-corrected chi connectivity index (χ4v) is 3.49. The molecule has 0 spiro atoms. The molecule has 25 heavy (non-hydrogen) atoms. The standard InChI is InChI=1S/C17H28N4O3S/c1-13(11-22)9-20-10-15(18-12-20)25-21-7-5-14(6-8-21)19-16(23)24-17(2,3)4/h10-14H,5-9H2,1-4H3,(H,19,23). The van der Waals surface area contributed by atoms with Crippen LogP contribution in [0.15, 0.2) is 17.6 Å². The van der Waals surface area contributed by atoms with Gasteiger partial charge in [-0.1, -0.05) is 6.92 Å². The van der Waals surface area contributed by atoms with Gasteiger partial charge in [0.1, 0.15) is 16.9 Å². The van der Waals surface area contributed by atoms with Crippen molar-refractivity contribution in [3.63, 3.8) is 0 Å². The van der Waals surface area contributed by atoms with Crippen LogP contribution >= 0.6 is 11.9 Å². The van der Waals surface area contributed by atoms with E-state index < -0.39 is 5.60 Å². The lowest BCUT2D eigenvalue weighted by Gasteiger charge is -2.31. The van der Waals surface area contributed by atoms with E-state index in [-0.39, 0.29) is 18.1 Å². The van der Waals surface area contributed by atoms with Gasteiger partial charge in [0, 0.05) is 37.8 Å². The summed E-state index contributed by atoms with van der Waals surface area (Å²) in [5.74, 6) is -0.0123. The summed E-state index contributed by atoms with van der Waals surface area (Å²) in [6.45, 7) is 9.88. The van der Waals surface area contributed by atoms with Crippen LogP contribution in [0.25, 0.3) is 0 Å². The number of aromatic nitrogens is 2. The second-order valence-corrected chi connectivity index (χ2v) is 8.58. The molecule has 1 aromatic rings. The lowest BCUT2D eigenvalue weighted by atomic mass is 10.1. The molecule has 2 rings (SSSR count). The molecule has 1 aliphatic rings. The Morgan fingerprint density at radius 1 is 1.48 bits per heavy atom. The van der Waals surface area contributed by atoms with Gasteiger partial charge in [-0.05, 0) is 45.6 Å². The van der Waals surface area contributed by atoms with Gasteiger partial charge in [0.05, 0.1) is 6.33 Å². The van der Waals surface area contributed by atoms with Crippen LogP contribution in [0.3, 0.4) is 0 Å². The van der Waals surface area contributed by atoms with Gasteiger partial charge >= 0.3 is 6.09 Å². The van der Waals surface area contributed by atoms with Crippen LogP contribution in [0, 0.1) is 5.92 Å². The Labute approximate surface area is 153 Å². The van der Waals surface area contributed by atoms with Crippen molar-refractivity contribution in [2.75, 3.05) is 13.1 Å². The van der Waals surface area contributed by atoms with E-state index in [2.05, 4.69) is 14.6 Å². The number of aldehydes is 1. The highest BCUT2D eigenvalue weighted by Crippen LogP contribution is 2.25. The van der Waals surface area contributed by atoms with Crippen LogP contribution in [-0.2, 0) is 16.1 Å². The van der Waals surface area contributed by atoms with Gasteiger partial charge in [-0.3, -0.25) is 0 Å². The van der Waals surface area contributed by atoms with E-state index in [1.54, 1.807) is 18.3 Å². The molecule has 8 heteroatoms. The van der Waals surface area contributed by atoms with Gasteiger partial charge in [0.25, 0.3) is 0 Å². The number of piperidine rings is 1. The zero-order chi connectivity index (χ0) is 18.4. The summed E-state index contributed by atoms with van der Waals surface area (Å²) in [4.78, 5) is 26.9. The van der Waals surface area contributed by atoms with Crippen LogP contribution in [0.2, 0.25) is 0 Å². The summed E-state index contributed by atoms with van der Waals surface area (Å²) in [5.41, 5.74) is -0.471. The van der Waals surface area contributed by atoms with Crippen molar-refractivity contribution in [2.45, 2.75) is 63.8 Å². The quantitative estimate of drug-likeness (QED) is 0.615. The molecule has 1 fully saturated rings. The molecule has 1 unspecified atom stereocenters. The van der Waals surface area contributed by atoms with Gasteiger partial charge in [-0.25, -0.2) is 14.1 Å². The number of carbonyl (C=O) groups excluding carboxylic acids is 2. The molecular formula is C17H28N4O3S. The normalized spacial score (nSPS) is 17.9. The monoisotopic (exact) mass is 368 g/mol. The lowest BCUT2D eigenvalue weighted by Crippen LogP contribution is -2.44. The second-order valence-electron chi connectivity index (χ2n) is 7.46. The minimum absolute atomic E-state index is 0.0123. The minimum atomic E-state index is -0.471. The molecule has 1 aliphatic heterocycles. The number of imidazole rings is 1. The van der Waals surface area contributed by atoms with E-state index in [9.17, 15) is 9.59 Å². The van der Waals surface area contributed by atoms with E-state index >= 15 is 0 Å². The highest BCUT2D eigenvalue weighted by Gasteiger charge is 2.24. The maximum absolute atomic E-state index is 11.8. The van der Waals surface area contributed by atoms with E-state index in [4.69, 9.17) is 4.74 Å². The fourth-order valence-electron chi connectivity index (χ4n) is 2.56. The summed E-state index contributed by atoms with van der Waals surface area (Å²) in [5, 5.41) is 3.87. The maximum atomic E-state index is 11.8. The van der Waals surface area contributed by atoms with Gasteiger partial charge in [0.15, 0.2) is 0 Å². The number of carbonyl (C=O) groups is 2. The Kier molecular flexibility index (Phi) is 6.89. The zero-order valence-corrected chi connectivity index (χ0v) is 16.2. The maximum Gasteiger partial charge on any atom is 0.407 e. The van der Waals surface area contributed by atoms with Gasteiger partial charge in [-0.2, -0.15) is 0 Å². The summed E-state index contributed by atoms with van der Waals surface area (Å²) in [6, 6.07) is 0.151. The number of nitrogens with zero attached hydrogens (tertiary/aromatic N) is 3. The first kappa shape index (κ1) is 19.8. The molecule has 0 aliphatic carbocycles. The molecule has 1 aromatic heterocycles. The molecule has 0 radical (unpaired) electrons. The average molecular weight is 369 g/mol. The van der Waals surface area contributed by atoms with Gasteiger partial charge in [0.2, 0.25) is 0 Å². The summed E-state index contributed by atoms with van der Waals surface area (Å²) in [6.07, 6.45) is 6.11. The van der Waals surface area contributed by atoms with Crippen LogP contribution < -0.4 is 5.32 Å². The summed E-state index contributed by atoms with van der Waals surface area (Å²) in [7, 11) is 0. The number of amides is 1. The highest BCUT2D eigenvalue weighted by molar-refractivity contribution is 7.97. The fraction of sp³-hybridized carbons (Fsp3) is 0.706. The topological polar surface area (TPSA) is 76.5 Å². The molecule has 1 saturated heterocycles. The number of alkyl carbamates (subject to hydrolysis) is 1. The zero-order valence-electron chi connectivity index (χ0n) is 15.4.